The monoisotopic (exact) mass is 408 g/mol. The van der Waals surface area contributed by atoms with Crippen LogP contribution in [0.3, 0.4) is 0 Å². The van der Waals surface area contributed by atoms with E-state index in [1.54, 1.807) is 6.07 Å². The number of fused-ring (bicyclic) bond motifs is 1. The lowest BCUT2D eigenvalue weighted by atomic mass is 9.76. The first-order valence-electron chi connectivity index (χ1n) is 10.2. The number of esters is 1. The molecule has 0 bridgehead atoms. The third-order valence-corrected chi connectivity index (χ3v) is 5.77. The number of nitrogens with one attached hydrogen (secondary N) is 2. The molecule has 2 N–H and O–H groups in total. The Kier molecular flexibility index (Phi) is 4.76. The first-order valence-corrected chi connectivity index (χ1v) is 10.2. The summed E-state index contributed by atoms with van der Waals surface area (Å²) in [5, 5.41) is 6.00. The molecule has 2 aromatic rings. The summed E-state index contributed by atoms with van der Waals surface area (Å²) in [4.78, 5) is 24.0. The van der Waals surface area contributed by atoms with Crippen molar-refractivity contribution in [2.24, 2.45) is 0 Å². The van der Waals surface area contributed by atoms with E-state index in [2.05, 4.69) is 41.8 Å². The minimum atomic E-state index is -0.852. The Bertz CT molecular complexity index is 1010. The number of aryl methyl sites for hydroxylation is 2. The summed E-state index contributed by atoms with van der Waals surface area (Å²) in [6.45, 7) is 9.43. The molecular formula is C24H28N2O4. The third kappa shape index (κ3) is 3.86. The molecule has 30 heavy (non-hydrogen) atoms. The Balaban J connectivity index is 1.85. The van der Waals surface area contributed by atoms with Crippen molar-refractivity contribution >= 4 is 12.0 Å². The average molecular weight is 408 g/mol. The van der Waals surface area contributed by atoms with Crippen molar-refractivity contribution < 1.29 is 19.1 Å². The van der Waals surface area contributed by atoms with Gasteiger partial charge in [0.1, 0.15) is 11.5 Å². The number of urea groups is 1. The van der Waals surface area contributed by atoms with Gasteiger partial charge in [0.2, 0.25) is 0 Å². The standard InChI is InChI=1S/C24H28N2O4/c1-14-6-8-17(9-7-14)19-12-24(13-23(4,5)25-22(28)26-24)30-20-11-18(29-16(3)27)10-15(2)21(19)20/h6-11,19H,12-13H2,1-5H3,(H2,25,26,28). The zero-order chi connectivity index (χ0) is 21.7. The second-order valence-electron chi connectivity index (χ2n) is 9.15. The SMILES string of the molecule is CC(=O)Oc1cc(C)c2c(c1)OC1(CC2c2ccc(C)cc2)CC(C)(C)NC(=O)N1. The topological polar surface area (TPSA) is 76.7 Å². The van der Waals surface area contributed by atoms with Gasteiger partial charge in [0.15, 0.2) is 5.72 Å². The predicted molar refractivity (Wildman–Crippen MR) is 114 cm³/mol. The lowest BCUT2D eigenvalue weighted by Crippen LogP contribution is -2.69. The van der Waals surface area contributed by atoms with E-state index in [1.165, 1.54) is 18.1 Å². The number of amides is 2. The zero-order valence-corrected chi connectivity index (χ0v) is 18.1. The van der Waals surface area contributed by atoms with Crippen molar-refractivity contribution in [2.75, 3.05) is 0 Å². The largest absolute Gasteiger partial charge is 0.467 e. The number of benzene rings is 2. The van der Waals surface area contributed by atoms with Crippen molar-refractivity contribution in [3.63, 3.8) is 0 Å². The molecule has 4 rings (SSSR count). The van der Waals surface area contributed by atoms with E-state index in [-0.39, 0.29) is 17.9 Å². The second kappa shape index (κ2) is 7.04. The zero-order valence-electron chi connectivity index (χ0n) is 18.1. The lowest BCUT2D eigenvalue weighted by molar-refractivity contribution is -0.131. The maximum Gasteiger partial charge on any atom is 0.318 e. The fourth-order valence-electron chi connectivity index (χ4n) is 4.79. The lowest BCUT2D eigenvalue weighted by Gasteiger charge is -2.49. The minimum absolute atomic E-state index is 0.0370. The van der Waals surface area contributed by atoms with Crippen LogP contribution in [0, 0.1) is 13.8 Å². The number of hydrogen-bond acceptors (Lipinski definition) is 4. The smallest absolute Gasteiger partial charge is 0.318 e. The first kappa shape index (κ1) is 20.3. The summed E-state index contributed by atoms with van der Waals surface area (Å²) < 4.78 is 11.8. The van der Waals surface area contributed by atoms with Gasteiger partial charge in [0.05, 0.1) is 0 Å². The molecule has 6 heteroatoms. The highest BCUT2D eigenvalue weighted by Gasteiger charge is 2.50. The van der Waals surface area contributed by atoms with Crippen LogP contribution < -0.4 is 20.1 Å². The Hall–Kier alpha value is -3.02. The summed E-state index contributed by atoms with van der Waals surface area (Å²) in [7, 11) is 0. The molecule has 0 aromatic heterocycles. The maximum absolute atomic E-state index is 12.5. The van der Waals surface area contributed by atoms with Gasteiger partial charge in [0.25, 0.3) is 0 Å². The van der Waals surface area contributed by atoms with Crippen LogP contribution in [0.25, 0.3) is 0 Å². The molecule has 6 nitrogen and oxygen atoms in total. The average Bonchev–Trinajstić information content (AvgIpc) is 2.58. The normalized spacial score (nSPS) is 24.3. The molecule has 1 spiro atoms. The highest BCUT2D eigenvalue weighted by molar-refractivity contribution is 5.77. The molecule has 2 heterocycles. The fraction of sp³-hybridized carbons (Fsp3) is 0.417. The van der Waals surface area contributed by atoms with Crippen LogP contribution in [0.15, 0.2) is 36.4 Å². The van der Waals surface area contributed by atoms with Crippen LogP contribution >= 0.6 is 0 Å². The van der Waals surface area contributed by atoms with Gasteiger partial charge >= 0.3 is 12.0 Å². The van der Waals surface area contributed by atoms with Crippen LogP contribution in [0.5, 0.6) is 11.5 Å². The molecule has 2 aliphatic heterocycles. The van der Waals surface area contributed by atoms with Crippen molar-refractivity contribution in [3.8, 4) is 11.5 Å². The fourth-order valence-corrected chi connectivity index (χ4v) is 4.79. The van der Waals surface area contributed by atoms with Gasteiger partial charge in [-0.25, -0.2) is 4.79 Å². The molecule has 0 saturated carbocycles. The summed E-state index contributed by atoms with van der Waals surface area (Å²) in [6.07, 6.45) is 1.22. The molecule has 2 unspecified atom stereocenters. The maximum atomic E-state index is 12.5. The van der Waals surface area contributed by atoms with Crippen molar-refractivity contribution in [1.29, 1.82) is 0 Å². The van der Waals surface area contributed by atoms with E-state index in [4.69, 9.17) is 9.47 Å². The molecule has 0 aliphatic carbocycles. The number of carbonyl (C=O) groups is 2. The van der Waals surface area contributed by atoms with Gasteiger partial charge in [-0.15, -0.1) is 0 Å². The molecular weight excluding hydrogens is 380 g/mol. The van der Waals surface area contributed by atoms with E-state index in [0.29, 0.717) is 24.3 Å². The highest BCUT2D eigenvalue weighted by atomic mass is 16.5. The predicted octanol–water partition coefficient (Wildman–Crippen LogP) is 4.32. The Morgan fingerprint density at radius 2 is 1.83 bits per heavy atom. The summed E-state index contributed by atoms with van der Waals surface area (Å²) in [6, 6.07) is 11.9. The van der Waals surface area contributed by atoms with E-state index in [9.17, 15) is 9.59 Å². The van der Waals surface area contributed by atoms with Crippen molar-refractivity contribution in [3.05, 3.63) is 58.7 Å². The van der Waals surface area contributed by atoms with Crippen molar-refractivity contribution in [1.82, 2.24) is 10.6 Å². The number of rotatable bonds is 2. The van der Waals surface area contributed by atoms with Crippen LogP contribution in [0.2, 0.25) is 0 Å². The van der Waals surface area contributed by atoms with Crippen LogP contribution in [-0.4, -0.2) is 23.3 Å². The van der Waals surface area contributed by atoms with E-state index in [0.717, 1.165) is 11.1 Å². The molecule has 1 fully saturated rings. The minimum Gasteiger partial charge on any atom is -0.467 e. The molecule has 1 saturated heterocycles. The van der Waals surface area contributed by atoms with Gasteiger partial charge in [-0.3, -0.25) is 4.79 Å². The third-order valence-electron chi connectivity index (χ3n) is 5.77. The highest BCUT2D eigenvalue weighted by Crippen LogP contribution is 2.49. The molecule has 0 radical (unpaired) electrons. The van der Waals surface area contributed by atoms with E-state index < -0.39 is 11.3 Å². The van der Waals surface area contributed by atoms with Gasteiger partial charge in [-0.1, -0.05) is 29.8 Å². The van der Waals surface area contributed by atoms with Gasteiger partial charge in [-0.05, 0) is 44.9 Å². The summed E-state index contributed by atoms with van der Waals surface area (Å²) in [5.74, 6) is 0.736. The first-order chi connectivity index (χ1) is 14.1. The number of hydrogen-bond donors (Lipinski definition) is 2. The molecule has 2 amide bonds. The quantitative estimate of drug-likeness (QED) is 0.573. The molecule has 2 aromatic carbocycles. The molecule has 2 aliphatic rings. The summed E-state index contributed by atoms with van der Waals surface area (Å²) in [5.41, 5.74) is 3.14. The number of carbonyl (C=O) groups excluding carboxylic acids is 2. The Morgan fingerprint density at radius 3 is 2.47 bits per heavy atom. The van der Waals surface area contributed by atoms with Crippen LogP contribution in [0.4, 0.5) is 4.79 Å². The van der Waals surface area contributed by atoms with Crippen LogP contribution in [0.1, 0.15) is 61.8 Å². The summed E-state index contributed by atoms with van der Waals surface area (Å²) >= 11 is 0. The van der Waals surface area contributed by atoms with E-state index in [1.807, 2.05) is 26.8 Å². The van der Waals surface area contributed by atoms with Gasteiger partial charge < -0.3 is 20.1 Å². The van der Waals surface area contributed by atoms with Crippen LogP contribution in [-0.2, 0) is 4.79 Å². The second-order valence-corrected chi connectivity index (χ2v) is 9.15. The Labute approximate surface area is 177 Å². The van der Waals surface area contributed by atoms with Gasteiger partial charge in [-0.2, -0.15) is 0 Å². The Morgan fingerprint density at radius 1 is 1.13 bits per heavy atom. The van der Waals surface area contributed by atoms with E-state index >= 15 is 0 Å². The van der Waals surface area contributed by atoms with Gasteiger partial charge in [0, 0.05) is 42.9 Å². The number of ether oxygens (including phenoxy) is 2. The molecule has 2 atom stereocenters. The molecule has 158 valence electrons. The van der Waals surface area contributed by atoms with Crippen molar-refractivity contribution in [2.45, 2.75) is 64.6 Å².